The van der Waals surface area contributed by atoms with Crippen LogP contribution in [-0.4, -0.2) is 11.7 Å². The minimum absolute atomic E-state index is 0.369. The average molecular weight is 187 g/mol. The van der Waals surface area contributed by atoms with Gasteiger partial charge in [-0.2, -0.15) is 0 Å². The van der Waals surface area contributed by atoms with Gasteiger partial charge in [0.1, 0.15) is 5.75 Å². The molecule has 0 unspecified atom stereocenters. The van der Waals surface area contributed by atoms with Crippen LogP contribution in [0.3, 0.4) is 0 Å². The zero-order valence-electron chi connectivity index (χ0n) is 7.90. The number of hydrogen-bond donors (Lipinski definition) is 2. The first-order chi connectivity index (χ1) is 6.83. The Kier molecular flexibility index (Phi) is 2.37. The van der Waals surface area contributed by atoms with Gasteiger partial charge in [-0.3, -0.25) is 0 Å². The van der Waals surface area contributed by atoms with Gasteiger partial charge in [-0.25, -0.2) is 0 Å². The van der Waals surface area contributed by atoms with Gasteiger partial charge in [0.25, 0.3) is 0 Å². The number of fused-ring (bicyclic) bond motifs is 1. The van der Waals surface area contributed by atoms with Crippen molar-refractivity contribution in [1.82, 2.24) is 0 Å². The van der Waals surface area contributed by atoms with E-state index in [0.29, 0.717) is 12.3 Å². The maximum atomic E-state index is 9.93. The van der Waals surface area contributed by atoms with Crippen LogP contribution in [0.2, 0.25) is 0 Å². The number of rotatable bonds is 2. The maximum absolute atomic E-state index is 9.93. The zero-order chi connectivity index (χ0) is 9.97. The quantitative estimate of drug-likeness (QED) is 0.755. The highest BCUT2D eigenvalue weighted by Crippen LogP contribution is 2.28. The fraction of sp³-hybridized carbons (Fsp3) is 0.167. The van der Waals surface area contributed by atoms with Crippen LogP contribution in [0.5, 0.6) is 5.75 Å². The summed E-state index contributed by atoms with van der Waals surface area (Å²) in [6.45, 7) is 0.561. The van der Waals surface area contributed by atoms with Crippen molar-refractivity contribution in [3.8, 4) is 5.75 Å². The molecule has 2 heteroatoms. The Morgan fingerprint density at radius 1 is 1.07 bits per heavy atom. The number of benzene rings is 2. The minimum Gasteiger partial charge on any atom is -0.507 e. The van der Waals surface area contributed by atoms with E-state index in [-0.39, 0.29) is 0 Å². The molecule has 0 aliphatic carbocycles. The molecule has 0 saturated heterocycles. The zero-order valence-corrected chi connectivity index (χ0v) is 7.90. The Hall–Kier alpha value is -1.54. The second-order valence-corrected chi connectivity index (χ2v) is 3.33. The third kappa shape index (κ3) is 1.44. The van der Waals surface area contributed by atoms with Gasteiger partial charge in [0, 0.05) is 5.39 Å². The van der Waals surface area contributed by atoms with E-state index >= 15 is 0 Å². The van der Waals surface area contributed by atoms with Crippen LogP contribution in [0.1, 0.15) is 5.56 Å². The molecule has 0 aromatic heterocycles. The van der Waals surface area contributed by atoms with Gasteiger partial charge in [0.2, 0.25) is 0 Å². The lowest BCUT2D eigenvalue weighted by Gasteiger charge is -2.06. The van der Waals surface area contributed by atoms with Gasteiger partial charge < -0.3 is 10.8 Å². The van der Waals surface area contributed by atoms with Gasteiger partial charge in [-0.05, 0) is 23.9 Å². The van der Waals surface area contributed by atoms with Crippen molar-refractivity contribution < 1.29 is 5.11 Å². The second-order valence-electron chi connectivity index (χ2n) is 3.33. The molecule has 0 aliphatic rings. The number of hydrogen-bond acceptors (Lipinski definition) is 2. The summed E-state index contributed by atoms with van der Waals surface area (Å²) in [6.07, 6.45) is 0.719. The standard InChI is InChI=1S/C12H13NO/c13-8-7-10-6-5-9-3-1-2-4-11(9)12(10)14/h1-6,14H,7-8,13H2. The second kappa shape index (κ2) is 3.68. The van der Waals surface area contributed by atoms with Crippen LogP contribution in [-0.2, 0) is 6.42 Å². The summed E-state index contributed by atoms with van der Waals surface area (Å²) < 4.78 is 0. The van der Waals surface area contributed by atoms with Crippen LogP contribution in [0.4, 0.5) is 0 Å². The van der Waals surface area contributed by atoms with Crippen LogP contribution in [0.15, 0.2) is 36.4 Å². The molecule has 0 spiro atoms. The molecule has 0 radical (unpaired) electrons. The van der Waals surface area contributed by atoms with Crippen molar-refractivity contribution >= 4 is 10.8 Å². The fourth-order valence-corrected chi connectivity index (χ4v) is 1.66. The third-order valence-electron chi connectivity index (χ3n) is 2.40. The lowest BCUT2D eigenvalue weighted by Crippen LogP contribution is -2.02. The first kappa shape index (κ1) is 9.03. The first-order valence-corrected chi connectivity index (χ1v) is 4.72. The van der Waals surface area contributed by atoms with Gasteiger partial charge in [-0.15, -0.1) is 0 Å². The molecule has 0 fully saturated rings. The van der Waals surface area contributed by atoms with Crippen LogP contribution in [0.25, 0.3) is 10.8 Å². The normalized spacial score (nSPS) is 10.6. The van der Waals surface area contributed by atoms with Crippen molar-refractivity contribution in [2.24, 2.45) is 5.73 Å². The van der Waals surface area contributed by atoms with Crippen molar-refractivity contribution in [3.05, 3.63) is 42.0 Å². The first-order valence-electron chi connectivity index (χ1n) is 4.72. The van der Waals surface area contributed by atoms with Gasteiger partial charge in [0.15, 0.2) is 0 Å². The van der Waals surface area contributed by atoms with E-state index in [0.717, 1.165) is 22.8 Å². The van der Waals surface area contributed by atoms with Gasteiger partial charge in [0.05, 0.1) is 0 Å². The van der Waals surface area contributed by atoms with E-state index in [1.807, 2.05) is 36.4 Å². The van der Waals surface area contributed by atoms with Crippen molar-refractivity contribution in [2.45, 2.75) is 6.42 Å². The lowest BCUT2D eigenvalue weighted by molar-refractivity contribution is 0.474. The molecule has 0 atom stereocenters. The monoisotopic (exact) mass is 187 g/mol. The Labute approximate surface area is 83.0 Å². The molecule has 0 saturated carbocycles. The molecule has 0 bridgehead atoms. The predicted molar refractivity (Wildman–Crippen MR) is 58.4 cm³/mol. The third-order valence-corrected chi connectivity index (χ3v) is 2.40. The summed E-state index contributed by atoms with van der Waals surface area (Å²) >= 11 is 0. The van der Waals surface area contributed by atoms with E-state index in [2.05, 4.69) is 0 Å². The molecule has 0 amide bonds. The van der Waals surface area contributed by atoms with E-state index in [4.69, 9.17) is 5.73 Å². The maximum Gasteiger partial charge on any atom is 0.126 e. The van der Waals surface area contributed by atoms with E-state index < -0.39 is 0 Å². The van der Waals surface area contributed by atoms with E-state index in [1.165, 1.54) is 0 Å². The Morgan fingerprint density at radius 2 is 1.86 bits per heavy atom. The molecular weight excluding hydrogens is 174 g/mol. The van der Waals surface area contributed by atoms with Crippen molar-refractivity contribution in [1.29, 1.82) is 0 Å². The Balaban J connectivity index is 2.63. The molecule has 2 aromatic rings. The molecule has 0 aliphatic heterocycles. The van der Waals surface area contributed by atoms with Crippen LogP contribution < -0.4 is 5.73 Å². The highest BCUT2D eigenvalue weighted by molar-refractivity contribution is 5.89. The Bertz CT molecular complexity index is 451. The van der Waals surface area contributed by atoms with Gasteiger partial charge >= 0.3 is 0 Å². The van der Waals surface area contributed by atoms with Gasteiger partial charge in [-0.1, -0.05) is 36.4 Å². The molecule has 2 nitrogen and oxygen atoms in total. The molecule has 72 valence electrons. The summed E-state index contributed by atoms with van der Waals surface area (Å²) in [5.74, 6) is 0.369. The highest BCUT2D eigenvalue weighted by atomic mass is 16.3. The smallest absolute Gasteiger partial charge is 0.126 e. The highest BCUT2D eigenvalue weighted by Gasteiger charge is 2.04. The molecular formula is C12H13NO. The summed E-state index contributed by atoms with van der Waals surface area (Å²) in [5.41, 5.74) is 6.38. The molecule has 0 heterocycles. The summed E-state index contributed by atoms with van der Waals surface area (Å²) in [7, 11) is 0. The van der Waals surface area contributed by atoms with Crippen molar-refractivity contribution in [3.63, 3.8) is 0 Å². The molecule has 3 N–H and O–H groups in total. The van der Waals surface area contributed by atoms with E-state index in [1.54, 1.807) is 0 Å². The average Bonchev–Trinajstić information content (AvgIpc) is 2.23. The predicted octanol–water partition coefficient (Wildman–Crippen LogP) is 2.05. The lowest BCUT2D eigenvalue weighted by atomic mass is 10.0. The molecule has 2 rings (SSSR count). The Morgan fingerprint density at radius 3 is 2.64 bits per heavy atom. The molecule has 2 aromatic carbocycles. The summed E-state index contributed by atoms with van der Waals surface area (Å²) in [5, 5.41) is 11.9. The van der Waals surface area contributed by atoms with Crippen LogP contribution in [0, 0.1) is 0 Å². The fourth-order valence-electron chi connectivity index (χ4n) is 1.66. The van der Waals surface area contributed by atoms with E-state index in [9.17, 15) is 5.11 Å². The number of phenolic OH excluding ortho intramolecular Hbond substituents is 1. The molecule has 14 heavy (non-hydrogen) atoms. The number of nitrogens with two attached hydrogens (primary N) is 1. The number of aromatic hydroxyl groups is 1. The summed E-state index contributed by atoms with van der Waals surface area (Å²) in [4.78, 5) is 0. The number of phenols is 1. The van der Waals surface area contributed by atoms with Crippen molar-refractivity contribution in [2.75, 3.05) is 6.54 Å². The SMILES string of the molecule is NCCc1ccc2ccccc2c1O. The largest absolute Gasteiger partial charge is 0.507 e. The topological polar surface area (TPSA) is 46.2 Å². The van der Waals surface area contributed by atoms with Crippen LogP contribution >= 0.6 is 0 Å². The summed E-state index contributed by atoms with van der Waals surface area (Å²) in [6, 6.07) is 11.7. The minimum atomic E-state index is 0.369.